The van der Waals surface area contributed by atoms with Crippen LogP contribution in [0.4, 0.5) is 0 Å². The lowest BCUT2D eigenvalue weighted by atomic mass is 9.94. The smallest absolute Gasteiger partial charge is 0.193 e. The molecule has 0 fully saturated rings. The fraction of sp³-hybridized carbons (Fsp3) is 0.211. The van der Waals surface area contributed by atoms with Gasteiger partial charge in [0.05, 0.1) is 5.92 Å². The molecule has 3 nitrogen and oxygen atoms in total. The molecule has 0 aliphatic heterocycles. The van der Waals surface area contributed by atoms with Gasteiger partial charge < -0.3 is 0 Å². The molecular weight excluding hydrogens is 276 g/mol. The lowest BCUT2D eigenvalue weighted by Gasteiger charge is -2.08. The van der Waals surface area contributed by atoms with Crippen molar-refractivity contribution in [3.63, 3.8) is 0 Å². The molecule has 0 amide bonds. The molecule has 1 unspecified atom stereocenters. The van der Waals surface area contributed by atoms with Gasteiger partial charge in [-0.1, -0.05) is 24.3 Å². The van der Waals surface area contributed by atoms with E-state index in [1.165, 1.54) is 0 Å². The zero-order valence-electron chi connectivity index (χ0n) is 12.8. The summed E-state index contributed by atoms with van der Waals surface area (Å²) < 4.78 is 0. The van der Waals surface area contributed by atoms with Crippen LogP contribution in [0.25, 0.3) is 0 Å². The summed E-state index contributed by atoms with van der Waals surface area (Å²) in [4.78, 5) is 36.8. The maximum absolute atomic E-state index is 12.7. The summed E-state index contributed by atoms with van der Waals surface area (Å²) in [5, 5.41) is 0. The van der Waals surface area contributed by atoms with Crippen molar-refractivity contribution in [3.05, 3.63) is 69.8 Å². The van der Waals surface area contributed by atoms with Crippen molar-refractivity contribution in [1.29, 1.82) is 0 Å². The molecule has 0 radical (unpaired) electrons. The van der Waals surface area contributed by atoms with Gasteiger partial charge in [-0.25, -0.2) is 0 Å². The van der Waals surface area contributed by atoms with Crippen LogP contribution in [0.1, 0.15) is 54.7 Å². The van der Waals surface area contributed by atoms with Gasteiger partial charge in [0.1, 0.15) is 0 Å². The highest BCUT2D eigenvalue weighted by atomic mass is 16.2. The van der Waals surface area contributed by atoms with E-state index in [0.717, 1.165) is 11.1 Å². The number of carbonyl (C=O) groups excluding carboxylic acids is 3. The van der Waals surface area contributed by atoms with Gasteiger partial charge in [0.25, 0.3) is 0 Å². The number of benzene rings is 2. The van der Waals surface area contributed by atoms with Crippen molar-refractivity contribution in [2.24, 2.45) is 5.92 Å². The molecule has 0 heterocycles. The molecular formula is C19H16O3. The Bertz CT molecular complexity index is 831. The molecule has 22 heavy (non-hydrogen) atoms. The summed E-state index contributed by atoms with van der Waals surface area (Å²) in [5.74, 6) is -1.12. The number of ketones is 3. The maximum atomic E-state index is 12.7. The van der Waals surface area contributed by atoms with E-state index in [2.05, 4.69) is 0 Å². The Balaban J connectivity index is 2.08. The fourth-order valence-corrected chi connectivity index (χ4v) is 2.84. The number of carbonyl (C=O) groups is 3. The van der Waals surface area contributed by atoms with Gasteiger partial charge >= 0.3 is 0 Å². The van der Waals surface area contributed by atoms with Gasteiger partial charge in [0.2, 0.25) is 0 Å². The number of hydrogen-bond donors (Lipinski definition) is 0. The minimum absolute atomic E-state index is 0.121. The summed E-state index contributed by atoms with van der Waals surface area (Å²) in [5.41, 5.74) is 3.85. The number of fused-ring (bicyclic) bond motifs is 1. The fourth-order valence-electron chi connectivity index (χ4n) is 2.84. The molecule has 3 rings (SSSR count). The SMILES string of the molecule is Cc1cccc(C(=O)c2ccc3c(c2)C(=O)C(C)C3=O)c1C. The normalized spacial score (nSPS) is 16.8. The Morgan fingerprint density at radius 1 is 0.955 bits per heavy atom. The quantitative estimate of drug-likeness (QED) is 0.628. The van der Waals surface area contributed by atoms with Crippen molar-refractivity contribution in [2.45, 2.75) is 20.8 Å². The third-order valence-corrected chi connectivity index (χ3v) is 4.45. The van der Waals surface area contributed by atoms with E-state index < -0.39 is 5.92 Å². The molecule has 0 aromatic heterocycles. The number of rotatable bonds is 2. The Morgan fingerprint density at radius 3 is 2.36 bits per heavy atom. The van der Waals surface area contributed by atoms with E-state index in [4.69, 9.17) is 0 Å². The van der Waals surface area contributed by atoms with Gasteiger partial charge in [-0.3, -0.25) is 14.4 Å². The largest absolute Gasteiger partial charge is 0.293 e. The van der Waals surface area contributed by atoms with Crippen molar-refractivity contribution in [2.75, 3.05) is 0 Å². The first-order chi connectivity index (χ1) is 10.4. The Kier molecular flexibility index (Phi) is 3.28. The second-order valence-electron chi connectivity index (χ2n) is 5.79. The molecule has 1 aliphatic rings. The number of Topliss-reactive ketones (excluding diaryl/α,β-unsaturated/α-hetero) is 2. The third-order valence-electron chi connectivity index (χ3n) is 4.45. The van der Waals surface area contributed by atoms with E-state index in [-0.39, 0.29) is 17.3 Å². The lowest BCUT2D eigenvalue weighted by Crippen LogP contribution is -2.09. The molecule has 0 N–H and O–H groups in total. The Hall–Kier alpha value is -2.55. The van der Waals surface area contributed by atoms with Gasteiger partial charge in [-0.2, -0.15) is 0 Å². The highest BCUT2D eigenvalue weighted by Crippen LogP contribution is 2.28. The molecule has 2 aromatic carbocycles. The molecule has 1 aliphatic carbocycles. The average molecular weight is 292 g/mol. The van der Waals surface area contributed by atoms with Crippen molar-refractivity contribution in [3.8, 4) is 0 Å². The molecule has 1 atom stereocenters. The van der Waals surface area contributed by atoms with E-state index in [9.17, 15) is 14.4 Å². The van der Waals surface area contributed by atoms with Crippen molar-refractivity contribution < 1.29 is 14.4 Å². The van der Waals surface area contributed by atoms with Crippen LogP contribution in [0, 0.1) is 19.8 Å². The summed E-state index contributed by atoms with van der Waals surface area (Å²) in [7, 11) is 0. The van der Waals surface area contributed by atoms with Crippen LogP contribution in [-0.4, -0.2) is 17.3 Å². The highest BCUT2D eigenvalue weighted by Gasteiger charge is 2.35. The number of aryl methyl sites for hydroxylation is 1. The first-order valence-electron chi connectivity index (χ1n) is 7.25. The van der Waals surface area contributed by atoms with Crippen LogP contribution >= 0.6 is 0 Å². The van der Waals surface area contributed by atoms with Crippen molar-refractivity contribution >= 4 is 17.3 Å². The monoisotopic (exact) mass is 292 g/mol. The topological polar surface area (TPSA) is 51.2 Å². The van der Waals surface area contributed by atoms with Crippen LogP contribution in [0.5, 0.6) is 0 Å². The van der Waals surface area contributed by atoms with Gasteiger partial charge in [-0.05, 0) is 44.0 Å². The van der Waals surface area contributed by atoms with Gasteiger partial charge in [0, 0.05) is 22.3 Å². The van der Waals surface area contributed by atoms with E-state index in [1.54, 1.807) is 31.2 Å². The zero-order valence-corrected chi connectivity index (χ0v) is 12.8. The lowest BCUT2D eigenvalue weighted by molar-refractivity contribution is 0.0851. The van der Waals surface area contributed by atoms with E-state index in [0.29, 0.717) is 22.3 Å². The predicted molar refractivity (Wildman–Crippen MR) is 83.6 cm³/mol. The van der Waals surface area contributed by atoms with Crippen LogP contribution in [0.2, 0.25) is 0 Å². The molecule has 0 spiro atoms. The van der Waals surface area contributed by atoms with Gasteiger partial charge in [-0.15, -0.1) is 0 Å². The van der Waals surface area contributed by atoms with E-state index >= 15 is 0 Å². The molecule has 0 bridgehead atoms. The minimum Gasteiger partial charge on any atom is -0.293 e. The molecule has 2 aromatic rings. The number of hydrogen-bond acceptors (Lipinski definition) is 3. The minimum atomic E-state index is -0.638. The molecule has 0 saturated carbocycles. The summed E-state index contributed by atoms with van der Waals surface area (Å²) >= 11 is 0. The van der Waals surface area contributed by atoms with Crippen LogP contribution in [0.3, 0.4) is 0 Å². The first kappa shape index (κ1) is 14.4. The third kappa shape index (κ3) is 2.01. The first-order valence-corrected chi connectivity index (χ1v) is 7.25. The summed E-state index contributed by atoms with van der Waals surface area (Å²) in [6, 6.07) is 10.4. The summed E-state index contributed by atoms with van der Waals surface area (Å²) in [6.45, 7) is 5.47. The zero-order chi connectivity index (χ0) is 16.0. The van der Waals surface area contributed by atoms with Crippen LogP contribution in [-0.2, 0) is 0 Å². The standard InChI is InChI=1S/C19H16O3/c1-10-5-4-6-14(11(10)2)19(22)13-7-8-15-16(9-13)18(21)12(3)17(15)20/h4-9,12H,1-3H3. The van der Waals surface area contributed by atoms with E-state index in [1.807, 2.05) is 26.0 Å². The Morgan fingerprint density at radius 2 is 1.64 bits per heavy atom. The van der Waals surface area contributed by atoms with Crippen molar-refractivity contribution in [1.82, 2.24) is 0 Å². The van der Waals surface area contributed by atoms with Gasteiger partial charge in [0.15, 0.2) is 17.3 Å². The molecule has 3 heteroatoms. The summed E-state index contributed by atoms with van der Waals surface area (Å²) in [6.07, 6.45) is 0. The molecule has 0 saturated heterocycles. The average Bonchev–Trinajstić information content (AvgIpc) is 2.74. The molecule has 110 valence electrons. The van der Waals surface area contributed by atoms with Crippen LogP contribution in [0.15, 0.2) is 36.4 Å². The Labute approximate surface area is 129 Å². The second kappa shape index (κ2) is 5.02. The van der Waals surface area contributed by atoms with Crippen LogP contribution < -0.4 is 0 Å². The highest BCUT2D eigenvalue weighted by molar-refractivity contribution is 6.27. The second-order valence-corrected chi connectivity index (χ2v) is 5.79. The maximum Gasteiger partial charge on any atom is 0.193 e. The predicted octanol–water partition coefficient (Wildman–Crippen LogP) is 3.55.